The standard InChI is InChI=1S/C21H22FN3O3S/c1-13-10-15(3)19(11-14(13)2)29(26,27)25-9-5-8-18(25)21-23-20(24-28-21)16-6-4-7-17(22)12-16/h4,6-7,10-12,18H,5,8-9H2,1-3H3/t18-/m0/s1. The zero-order chi connectivity index (χ0) is 20.8. The maximum absolute atomic E-state index is 13.5. The van der Waals surface area contributed by atoms with Crippen molar-refractivity contribution in [3.8, 4) is 11.4 Å². The molecular weight excluding hydrogens is 393 g/mol. The van der Waals surface area contributed by atoms with Gasteiger partial charge < -0.3 is 4.52 Å². The first-order chi connectivity index (χ1) is 13.8. The van der Waals surface area contributed by atoms with E-state index in [2.05, 4.69) is 10.1 Å². The minimum Gasteiger partial charge on any atom is -0.337 e. The molecule has 1 atom stereocenters. The van der Waals surface area contributed by atoms with E-state index in [0.717, 1.165) is 11.1 Å². The van der Waals surface area contributed by atoms with Gasteiger partial charge in [0.1, 0.15) is 11.9 Å². The molecule has 1 fully saturated rings. The number of hydrogen-bond donors (Lipinski definition) is 0. The fourth-order valence-corrected chi connectivity index (χ4v) is 5.67. The van der Waals surface area contributed by atoms with Crippen LogP contribution in [0.4, 0.5) is 4.39 Å². The minimum absolute atomic E-state index is 0.229. The molecule has 8 heteroatoms. The van der Waals surface area contributed by atoms with Crippen LogP contribution >= 0.6 is 0 Å². The van der Waals surface area contributed by atoms with Gasteiger partial charge in [0.25, 0.3) is 0 Å². The summed E-state index contributed by atoms with van der Waals surface area (Å²) in [4.78, 5) is 4.67. The summed E-state index contributed by atoms with van der Waals surface area (Å²) >= 11 is 0. The van der Waals surface area contributed by atoms with E-state index in [0.29, 0.717) is 35.4 Å². The van der Waals surface area contributed by atoms with Gasteiger partial charge in [-0.3, -0.25) is 0 Å². The lowest BCUT2D eigenvalue weighted by atomic mass is 10.1. The second-order valence-electron chi connectivity index (χ2n) is 7.44. The van der Waals surface area contributed by atoms with Crippen molar-refractivity contribution in [1.82, 2.24) is 14.4 Å². The van der Waals surface area contributed by atoms with Crippen LogP contribution in [0, 0.1) is 26.6 Å². The average molecular weight is 415 g/mol. The second kappa shape index (κ2) is 7.35. The molecule has 0 unspecified atom stereocenters. The van der Waals surface area contributed by atoms with E-state index in [1.165, 1.54) is 16.4 Å². The molecule has 0 amide bonds. The largest absolute Gasteiger partial charge is 0.337 e. The van der Waals surface area contributed by atoms with Gasteiger partial charge in [-0.1, -0.05) is 23.4 Å². The molecular formula is C21H22FN3O3S. The van der Waals surface area contributed by atoms with Crippen LogP contribution in [0.5, 0.6) is 0 Å². The Hall–Kier alpha value is -2.58. The van der Waals surface area contributed by atoms with Crippen molar-refractivity contribution in [2.75, 3.05) is 6.54 Å². The minimum atomic E-state index is -3.72. The summed E-state index contributed by atoms with van der Waals surface area (Å²) in [7, 11) is -3.72. The first-order valence-corrected chi connectivity index (χ1v) is 10.9. The Morgan fingerprint density at radius 1 is 1.10 bits per heavy atom. The predicted molar refractivity (Wildman–Crippen MR) is 106 cm³/mol. The summed E-state index contributed by atoms with van der Waals surface area (Å²) < 4.78 is 47.1. The van der Waals surface area contributed by atoms with Crippen molar-refractivity contribution in [3.63, 3.8) is 0 Å². The molecule has 0 N–H and O–H groups in total. The molecule has 3 aromatic rings. The number of benzene rings is 2. The van der Waals surface area contributed by atoms with Gasteiger partial charge in [-0.2, -0.15) is 9.29 Å². The predicted octanol–water partition coefficient (Wildman–Crippen LogP) is 4.33. The Balaban J connectivity index is 1.69. The molecule has 1 saturated heterocycles. The van der Waals surface area contributed by atoms with Crippen LogP contribution in [0.15, 0.2) is 45.8 Å². The second-order valence-corrected chi connectivity index (χ2v) is 9.30. The maximum Gasteiger partial charge on any atom is 0.245 e. The lowest BCUT2D eigenvalue weighted by molar-refractivity contribution is 0.290. The Kier molecular flexibility index (Phi) is 5.00. The Bertz CT molecular complexity index is 1170. The number of sulfonamides is 1. The van der Waals surface area contributed by atoms with Crippen LogP contribution in [0.1, 0.15) is 41.5 Å². The van der Waals surface area contributed by atoms with Crippen molar-refractivity contribution in [1.29, 1.82) is 0 Å². The van der Waals surface area contributed by atoms with E-state index in [1.807, 2.05) is 19.9 Å². The molecule has 0 aliphatic carbocycles. The summed E-state index contributed by atoms with van der Waals surface area (Å²) in [5.41, 5.74) is 3.18. The first-order valence-electron chi connectivity index (χ1n) is 9.46. The molecule has 29 heavy (non-hydrogen) atoms. The molecule has 1 aliphatic heterocycles. The highest BCUT2D eigenvalue weighted by Crippen LogP contribution is 2.37. The molecule has 2 aromatic carbocycles. The van der Waals surface area contributed by atoms with Gasteiger partial charge >= 0.3 is 0 Å². The average Bonchev–Trinajstić information content (AvgIpc) is 3.33. The van der Waals surface area contributed by atoms with Crippen LogP contribution in [0.2, 0.25) is 0 Å². The van der Waals surface area contributed by atoms with Gasteiger partial charge in [-0.15, -0.1) is 0 Å². The summed E-state index contributed by atoms with van der Waals surface area (Å²) in [6.45, 7) is 6.05. The normalized spacial score (nSPS) is 17.7. The fourth-order valence-electron chi connectivity index (χ4n) is 3.73. The highest BCUT2D eigenvalue weighted by Gasteiger charge is 2.40. The Labute approximate surface area is 169 Å². The number of nitrogens with zero attached hydrogens (tertiary/aromatic N) is 3. The van der Waals surface area contributed by atoms with Gasteiger partial charge in [-0.25, -0.2) is 12.8 Å². The van der Waals surface area contributed by atoms with E-state index in [4.69, 9.17) is 4.52 Å². The van der Waals surface area contributed by atoms with Crippen molar-refractivity contribution in [3.05, 3.63) is 64.8 Å². The molecule has 1 aromatic heterocycles. The van der Waals surface area contributed by atoms with E-state index < -0.39 is 21.9 Å². The molecule has 0 bridgehead atoms. The van der Waals surface area contributed by atoms with Crippen molar-refractivity contribution < 1.29 is 17.3 Å². The summed E-state index contributed by atoms with van der Waals surface area (Å²) in [5, 5.41) is 3.93. The molecule has 0 radical (unpaired) electrons. The van der Waals surface area contributed by atoms with Crippen LogP contribution in [-0.4, -0.2) is 29.4 Å². The Morgan fingerprint density at radius 2 is 1.86 bits per heavy atom. The third-order valence-electron chi connectivity index (χ3n) is 5.39. The fraction of sp³-hybridized carbons (Fsp3) is 0.333. The quantitative estimate of drug-likeness (QED) is 0.634. The van der Waals surface area contributed by atoms with Gasteiger partial charge in [0.15, 0.2) is 0 Å². The van der Waals surface area contributed by atoms with Gasteiger partial charge in [0.2, 0.25) is 21.7 Å². The molecule has 0 spiro atoms. The number of aromatic nitrogens is 2. The van der Waals surface area contributed by atoms with Crippen LogP contribution in [-0.2, 0) is 10.0 Å². The van der Waals surface area contributed by atoms with Crippen LogP contribution in [0.25, 0.3) is 11.4 Å². The molecule has 2 heterocycles. The highest BCUT2D eigenvalue weighted by molar-refractivity contribution is 7.89. The third-order valence-corrected chi connectivity index (χ3v) is 7.44. The SMILES string of the molecule is Cc1cc(C)c(S(=O)(=O)N2CCC[C@H]2c2nc(-c3cccc(F)c3)no2)cc1C. The monoisotopic (exact) mass is 415 g/mol. The van der Waals surface area contributed by atoms with E-state index in [1.54, 1.807) is 25.1 Å². The van der Waals surface area contributed by atoms with Crippen molar-refractivity contribution in [2.24, 2.45) is 0 Å². The third kappa shape index (κ3) is 3.58. The molecule has 6 nitrogen and oxygen atoms in total. The summed E-state index contributed by atoms with van der Waals surface area (Å²) in [6.07, 6.45) is 1.29. The topological polar surface area (TPSA) is 76.3 Å². The van der Waals surface area contributed by atoms with Crippen LogP contribution in [0.3, 0.4) is 0 Å². The molecule has 152 valence electrons. The van der Waals surface area contributed by atoms with E-state index in [-0.39, 0.29) is 11.7 Å². The maximum atomic E-state index is 13.5. The molecule has 4 rings (SSSR count). The molecule has 0 saturated carbocycles. The number of aryl methyl sites for hydroxylation is 3. The summed E-state index contributed by atoms with van der Waals surface area (Å²) in [6, 6.07) is 8.98. The van der Waals surface area contributed by atoms with Gasteiger partial charge in [0.05, 0.1) is 4.90 Å². The lowest BCUT2D eigenvalue weighted by Gasteiger charge is -2.23. The number of rotatable bonds is 4. The highest BCUT2D eigenvalue weighted by atomic mass is 32.2. The first kappa shape index (κ1) is 19.7. The number of halogens is 1. The zero-order valence-corrected chi connectivity index (χ0v) is 17.3. The van der Waals surface area contributed by atoms with Gasteiger partial charge in [0, 0.05) is 12.1 Å². The van der Waals surface area contributed by atoms with Crippen LogP contribution < -0.4 is 0 Å². The smallest absolute Gasteiger partial charge is 0.245 e. The van der Waals surface area contributed by atoms with E-state index >= 15 is 0 Å². The van der Waals surface area contributed by atoms with Crippen molar-refractivity contribution >= 4 is 10.0 Å². The van der Waals surface area contributed by atoms with Gasteiger partial charge in [-0.05, 0) is 68.5 Å². The Morgan fingerprint density at radius 3 is 2.62 bits per heavy atom. The number of hydrogen-bond acceptors (Lipinski definition) is 5. The molecule has 1 aliphatic rings. The summed E-state index contributed by atoms with van der Waals surface area (Å²) in [5.74, 6) is 0.0714. The van der Waals surface area contributed by atoms with Crippen molar-refractivity contribution in [2.45, 2.75) is 44.6 Å². The zero-order valence-electron chi connectivity index (χ0n) is 16.5. The van der Waals surface area contributed by atoms with E-state index in [9.17, 15) is 12.8 Å². The lowest BCUT2D eigenvalue weighted by Crippen LogP contribution is -2.31.